The van der Waals surface area contributed by atoms with E-state index in [1.807, 2.05) is 18.2 Å². The fourth-order valence-electron chi connectivity index (χ4n) is 3.46. The average molecular weight is 313 g/mol. The molecule has 0 N–H and O–H groups in total. The molecule has 0 spiro atoms. The summed E-state index contributed by atoms with van der Waals surface area (Å²) in [6.07, 6.45) is 6.90. The number of nitrogens with zero attached hydrogens (tertiary/aromatic N) is 1. The summed E-state index contributed by atoms with van der Waals surface area (Å²) in [7, 11) is 0. The van der Waals surface area contributed by atoms with Gasteiger partial charge in [-0.1, -0.05) is 26.8 Å². The molecule has 1 aromatic rings. The van der Waals surface area contributed by atoms with Crippen molar-refractivity contribution < 1.29 is 9.53 Å². The Labute approximate surface area is 139 Å². The standard InChI is InChI=1S/C20H27NO2/c1-4-8-21(9-7-14(2)3)17-10-16-11-18-15(5-6-19(18)22)12-20(16)23-13-17/h5-6,11-12,14,17H,4,7-10,13H2,1-3H3/t17-/m0/s1. The largest absolute Gasteiger partial charge is 0.492 e. The van der Waals surface area contributed by atoms with E-state index in [0.717, 1.165) is 55.3 Å². The van der Waals surface area contributed by atoms with Gasteiger partial charge in [0.15, 0.2) is 5.78 Å². The van der Waals surface area contributed by atoms with Crippen molar-refractivity contribution in [2.75, 3.05) is 19.7 Å². The Bertz CT molecular complexity index is 618. The predicted octanol–water partition coefficient (Wildman–Crippen LogP) is 3.96. The molecule has 0 radical (unpaired) electrons. The first-order chi connectivity index (χ1) is 11.1. The van der Waals surface area contributed by atoms with Gasteiger partial charge in [-0.15, -0.1) is 0 Å². The second kappa shape index (κ2) is 6.88. The molecule has 1 aromatic carbocycles. The minimum atomic E-state index is 0.121. The first-order valence-electron chi connectivity index (χ1n) is 8.84. The lowest BCUT2D eigenvalue weighted by atomic mass is 9.96. The van der Waals surface area contributed by atoms with E-state index in [-0.39, 0.29) is 5.78 Å². The number of carbonyl (C=O) groups is 1. The third kappa shape index (κ3) is 3.50. The Morgan fingerprint density at radius 1 is 1.26 bits per heavy atom. The number of ether oxygens (including phenoxy) is 1. The molecule has 3 nitrogen and oxygen atoms in total. The van der Waals surface area contributed by atoms with Crippen molar-refractivity contribution in [2.24, 2.45) is 5.92 Å². The molecule has 2 aliphatic rings. The maximum atomic E-state index is 11.9. The van der Waals surface area contributed by atoms with Gasteiger partial charge in [-0.05, 0) is 67.6 Å². The van der Waals surface area contributed by atoms with Gasteiger partial charge >= 0.3 is 0 Å². The molecule has 23 heavy (non-hydrogen) atoms. The van der Waals surface area contributed by atoms with E-state index in [4.69, 9.17) is 4.74 Å². The number of benzene rings is 1. The molecule has 0 fully saturated rings. The molecule has 0 saturated heterocycles. The van der Waals surface area contributed by atoms with Crippen LogP contribution in [-0.2, 0) is 6.42 Å². The SMILES string of the molecule is CCCN(CCC(C)C)[C@@H]1COc2cc3c(cc2C1)C(=O)C=C3. The van der Waals surface area contributed by atoms with Crippen LogP contribution in [0.5, 0.6) is 5.75 Å². The van der Waals surface area contributed by atoms with Crippen LogP contribution in [0.25, 0.3) is 6.08 Å². The molecule has 0 unspecified atom stereocenters. The normalized spacial score (nSPS) is 19.2. The molecule has 0 amide bonds. The number of ketones is 1. The summed E-state index contributed by atoms with van der Waals surface area (Å²) in [5, 5.41) is 0. The van der Waals surface area contributed by atoms with Crippen molar-refractivity contribution in [2.45, 2.75) is 46.1 Å². The van der Waals surface area contributed by atoms with Crippen LogP contribution >= 0.6 is 0 Å². The molecule has 0 bridgehead atoms. The predicted molar refractivity (Wildman–Crippen MR) is 94.1 cm³/mol. The number of hydrogen-bond acceptors (Lipinski definition) is 3. The first-order valence-corrected chi connectivity index (χ1v) is 8.84. The average Bonchev–Trinajstić information content (AvgIpc) is 2.89. The van der Waals surface area contributed by atoms with Gasteiger partial charge in [-0.3, -0.25) is 9.69 Å². The highest BCUT2D eigenvalue weighted by atomic mass is 16.5. The Balaban J connectivity index is 1.76. The van der Waals surface area contributed by atoms with E-state index >= 15 is 0 Å². The molecule has 1 aliphatic carbocycles. The lowest BCUT2D eigenvalue weighted by molar-refractivity contribution is 0.104. The fourth-order valence-corrected chi connectivity index (χ4v) is 3.46. The van der Waals surface area contributed by atoms with Gasteiger partial charge in [0, 0.05) is 11.6 Å². The Kier molecular flexibility index (Phi) is 4.86. The zero-order valence-corrected chi connectivity index (χ0v) is 14.5. The van der Waals surface area contributed by atoms with Crippen molar-refractivity contribution in [3.05, 3.63) is 34.9 Å². The summed E-state index contributed by atoms with van der Waals surface area (Å²) in [6.45, 7) is 9.78. The van der Waals surface area contributed by atoms with Gasteiger partial charge in [0.25, 0.3) is 0 Å². The van der Waals surface area contributed by atoms with Crippen LogP contribution in [0.1, 0.15) is 55.1 Å². The van der Waals surface area contributed by atoms with E-state index in [9.17, 15) is 4.79 Å². The van der Waals surface area contributed by atoms with Gasteiger partial charge in [0.2, 0.25) is 0 Å². The second-order valence-electron chi connectivity index (χ2n) is 7.13. The maximum absolute atomic E-state index is 11.9. The first kappa shape index (κ1) is 16.3. The number of fused-ring (bicyclic) bond motifs is 2. The van der Waals surface area contributed by atoms with Crippen molar-refractivity contribution in [1.82, 2.24) is 4.90 Å². The quantitative estimate of drug-likeness (QED) is 0.796. The van der Waals surface area contributed by atoms with Crippen LogP contribution in [-0.4, -0.2) is 36.4 Å². The van der Waals surface area contributed by atoms with Crippen LogP contribution in [0.15, 0.2) is 18.2 Å². The third-order valence-electron chi connectivity index (χ3n) is 4.82. The van der Waals surface area contributed by atoms with Crippen LogP contribution < -0.4 is 4.74 Å². The van der Waals surface area contributed by atoms with Gasteiger partial charge < -0.3 is 4.74 Å². The highest BCUT2D eigenvalue weighted by molar-refractivity contribution is 6.13. The van der Waals surface area contributed by atoms with Crippen LogP contribution in [0.3, 0.4) is 0 Å². The van der Waals surface area contributed by atoms with E-state index < -0.39 is 0 Å². The number of hydrogen-bond donors (Lipinski definition) is 0. The molecule has 124 valence electrons. The van der Waals surface area contributed by atoms with Crippen LogP contribution in [0.2, 0.25) is 0 Å². The lowest BCUT2D eigenvalue weighted by Gasteiger charge is -2.35. The maximum Gasteiger partial charge on any atom is 0.186 e. The zero-order chi connectivity index (χ0) is 16.4. The molecule has 1 aliphatic heterocycles. The topological polar surface area (TPSA) is 29.5 Å². The van der Waals surface area contributed by atoms with Gasteiger partial charge in [-0.25, -0.2) is 0 Å². The summed E-state index contributed by atoms with van der Waals surface area (Å²) >= 11 is 0. The van der Waals surface area contributed by atoms with E-state index in [0.29, 0.717) is 6.04 Å². The molecular formula is C20H27NO2. The summed E-state index contributed by atoms with van der Waals surface area (Å²) < 4.78 is 6.04. The minimum Gasteiger partial charge on any atom is -0.492 e. The third-order valence-corrected chi connectivity index (χ3v) is 4.82. The van der Waals surface area contributed by atoms with Crippen molar-refractivity contribution >= 4 is 11.9 Å². The van der Waals surface area contributed by atoms with E-state index in [1.165, 1.54) is 12.0 Å². The van der Waals surface area contributed by atoms with Crippen molar-refractivity contribution in [3.63, 3.8) is 0 Å². The highest BCUT2D eigenvalue weighted by Gasteiger charge is 2.27. The lowest BCUT2D eigenvalue weighted by Crippen LogP contribution is -2.44. The van der Waals surface area contributed by atoms with Gasteiger partial charge in [0.1, 0.15) is 12.4 Å². The second-order valence-corrected chi connectivity index (χ2v) is 7.13. The zero-order valence-electron chi connectivity index (χ0n) is 14.5. The Morgan fingerprint density at radius 3 is 2.83 bits per heavy atom. The van der Waals surface area contributed by atoms with Crippen LogP contribution in [0, 0.1) is 5.92 Å². The molecule has 0 aromatic heterocycles. The van der Waals surface area contributed by atoms with Crippen molar-refractivity contribution in [3.8, 4) is 5.75 Å². The summed E-state index contributed by atoms with van der Waals surface area (Å²) in [5.41, 5.74) is 3.01. The monoisotopic (exact) mass is 313 g/mol. The van der Waals surface area contributed by atoms with Crippen LogP contribution in [0.4, 0.5) is 0 Å². The van der Waals surface area contributed by atoms with Gasteiger partial charge in [-0.2, -0.15) is 0 Å². The fraction of sp³-hybridized carbons (Fsp3) is 0.550. The number of rotatable bonds is 6. The Morgan fingerprint density at radius 2 is 2.09 bits per heavy atom. The number of allylic oxidation sites excluding steroid dienone is 1. The summed E-state index contributed by atoms with van der Waals surface area (Å²) in [6, 6.07) is 4.50. The molecule has 0 saturated carbocycles. The molecule has 3 rings (SSSR count). The summed E-state index contributed by atoms with van der Waals surface area (Å²) in [5.74, 6) is 1.80. The highest BCUT2D eigenvalue weighted by Crippen LogP contribution is 2.33. The molecule has 1 heterocycles. The van der Waals surface area contributed by atoms with E-state index in [2.05, 4.69) is 25.7 Å². The Hall–Kier alpha value is -1.61. The number of carbonyl (C=O) groups excluding carboxylic acids is 1. The minimum absolute atomic E-state index is 0.121. The van der Waals surface area contributed by atoms with E-state index in [1.54, 1.807) is 6.08 Å². The molecule has 1 atom stereocenters. The smallest absolute Gasteiger partial charge is 0.186 e. The van der Waals surface area contributed by atoms with Gasteiger partial charge in [0.05, 0.1) is 0 Å². The van der Waals surface area contributed by atoms with Crippen molar-refractivity contribution in [1.29, 1.82) is 0 Å². The molecular weight excluding hydrogens is 286 g/mol. The summed E-state index contributed by atoms with van der Waals surface area (Å²) in [4.78, 5) is 14.5. The molecule has 3 heteroatoms.